The van der Waals surface area contributed by atoms with Crippen LogP contribution in [0.4, 0.5) is 0 Å². The Morgan fingerprint density at radius 3 is 2.17 bits per heavy atom. The van der Waals surface area contributed by atoms with Crippen molar-refractivity contribution in [3.8, 4) is 28.6 Å². The zero-order valence-corrected chi connectivity index (χ0v) is 24.1. The van der Waals surface area contributed by atoms with Gasteiger partial charge in [0.05, 0.1) is 11.0 Å². The molecule has 0 amide bonds. The summed E-state index contributed by atoms with van der Waals surface area (Å²) in [5.41, 5.74) is 6.72. The van der Waals surface area contributed by atoms with Gasteiger partial charge >= 0.3 is 0 Å². The number of hydrogen-bond acceptors (Lipinski definition) is 3. The summed E-state index contributed by atoms with van der Waals surface area (Å²) in [5.74, 6) is 2.29. The maximum absolute atomic E-state index is 6.22. The van der Waals surface area contributed by atoms with Gasteiger partial charge in [-0.3, -0.25) is 4.57 Å². The maximum Gasteiger partial charge on any atom is 0.219 e. The van der Waals surface area contributed by atoms with Gasteiger partial charge in [-0.05, 0) is 64.6 Å². The van der Waals surface area contributed by atoms with Crippen molar-refractivity contribution in [2.24, 2.45) is 0 Å². The van der Waals surface area contributed by atoms with Crippen LogP contribution in [0.1, 0.15) is 52.8 Å². The van der Waals surface area contributed by atoms with Crippen LogP contribution in [-0.2, 0) is 10.8 Å². The zero-order chi connectivity index (χ0) is 28.1. The van der Waals surface area contributed by atoms with E-state index in [0.29, 0.717) is 5.88 Å². The van der Waals surface area contributed by atoms with Crippen molar-refractivity contribution in [3.63, 3.8) is 0 Å². The quantitative estimate of drug-likeness (QED) is 0.230. The molecular formula is C36H35N3O. The monoisotopic (exact) mass is 525 g/mol. The Labute approximate surface area is 236 Å². The van der Waals surface area contributed by atoms with Crippen LogP contribution in [0.5, 0.6) is 11.6 Å². The molecule has 0 unspecified atom stereocenters. The Balaban J connectivity index is 1.45. The van der Waals surface area contributed by atoms with Crippen LogP contribution in [0, 0.1) is 0 Å². The molecular weight excluding hydrogens is 490 g/mol. The number of fused-ring (bicyclic) bond motifs is 3. The van der Waals surface area contributed by atoms with E-state index in [9.17, 15) is 0 Å². The lowest BCUT2D eigenvalue weighted by atomic mass is 9.88. The van der Waals surface area contributed by atoms with Crippen molar-refractivity contribution in [2.75, 3.05) is 0 Å². The van der Waals surface area contributed by atoms with E-state index in [0.717, 1.165) is 39.4 Å². The van der Waals surface area contributed by atoms with Crippen LogP contribution >= 0.6 is 0 Å². The fourth-order valence-electron chi connectivity index (χ4n) is 5.15. The lowest BCUT2D eigenvalue weighted by Gasteiger charge is -2.20. The summed E-state index contributed by atoms with van der Waals surface area (Å²) < 4.78 is 8.51. The first-order chi connectivity index (χ1) is 19.1. The summed E-state index contributed by atoms with van der Waals surface area (Å²) in [5, 5.41) is 2.42. The van der Waals surface area contributed by atoms with Gasteiger partial charge in [-0.2, -0.15) is 0 Å². The van der Waals surface area contributed by atoms with Crippen molar-refractivity contribution < 1.29 is 4.74 Å². The Hall–Kier alpha value is -4.44. The molecule has 0 aliphatic rings. The average molecular weight is 526 g/mol. The van der Waals surface area contributed by atoms with Gasteiger partial charge in [0.25, 0.3) is 0 Å². The van der Waals surface area contributed by atoms with Gasteiger partial charge in [-0.1, -0.05) is 90.1 Å². The third kappa shape index (κ3) is 4.86. The summed E-state index contributed by atoms with van der Waals surface area (Å²) in [6, 6.07) is 33.7. The highest BCUT2D eigenvalue weighted by Crippen LogP contribution is 2.36. The number of rotatable bonds is 4. The van der Waals surface area contributed by atoms with Crippen molar-refractivity contribution in [1.82, 2.24) is 14.5 Å². The van der Waals surface area contributed by atoms with Gasteiger partial charge in [-0.25, -0.2) is 9.97 Å². The van der Waals surface area contributed by atoms with Crippen molar-refractivity contribution in [1.29, 1.82) is 0 Å². The molecule has 3 aromatic carbocycles. The van der Waals surface area contributed by atoms with Gasteiger partial charge in [0.2, 0.25) is 5.88 Å². The summed E-state index contributed by atoms with van der Waals surface area (Å²) in [6.07, 6.45) is 1.92. The second-order valence-electron chi connectivity index (χ2n) is 12.5. The number of benzene rings is 3. The molecule has 4 nitrogen and oxygen atoms in total. The summed E-state index contributed by atoms with van der Waals surface area (Å²) >= 11 is 0. The Bertz CT molecular complexity index is 1850. The molecule has 0 spiro atoms. The van der Waals surface area contributed by atoms with Gasteiger partial charge in [0.1, 0.15) is 11.6 Å². The molecule has 0 fully saturated rings. The number of para-hydroxylation sites is 1. The van der Waals surface area contributed by atoms with Crippen molar-refractivity contribution in [2.45, 2.75) is 52.4 Å². The first-order valence-corrected chi connectivity index (χ1v) is 13.8. The Morgan fingerprint density at radius 1 is 0.625 bits per heavy atom. The first kappa shape index (κ1) is 25.8. The Kier molecular flexibility index (Phi) is 6.22. The SMILES string of the molecule is CC(C)(C)c1ccnc(-n2c3ccccc3c3ccc(-c4cccc(Oc5cccc(C(C)(C)C)n5)c4)cc32)c1. The van der Waals surface area contributed by atoms with Crippen LogP contribution in [0.2, 0.25) is 0 Å². The van der Waals surface area contributed by atoms with Crippen LogP contribution < -0.4 is 4.74 Å². The minimum Gasteiger partial charge on any atom is -0.439 e. The molecule has 0 aliphatic carbocycles. The van der Waals surface area contributed by atoms with E-state index in [1.165, 1.54) is 16.3 Å². The van der Waals surface area contributed by atoms with Gasteiger partial charge in [-0.15, -0.1) is 0 Å². The number of nitrogens with zero attached hydrogens (tertiary/aromatic N) is 3. The molecule has 0 saturated heterocycles. The van der Waals surface area contributed by atoms with Crippen LogP contribution in [0.25, 0.3) is 38.8 Å². The number of hydrogen-bond donors (Lipinski definition) is 0. The molecule has 200 valence electrons. The molecule has 3 aromatic heterocycles. The molecule has 4 heteroatoms. The molecule has 0 N–H and O–H groups in total. The summed E-state index contributed by atoms with van der Waals surface area (Å²) in [7, 11) is 0. The maximum atomic E-state index is 6.22. The second-order valence-corrected chi connectivity index (χ2v) is 12.5. The smallest absolute Gasteiger partial charge is 0.219 e. The molecule has 3 heterocycles. The topological polar surface area (TPSA) is 39.9 Å². The fraction of sp³-hybridized carbons (Fsp3) is 0.222. The summed E-state index contributed by atoms with van der Waals surface area (Å²) in [4.78, 5) is 9.56. The van der Waals surface area contributed by atoms with Crippen molar-refractivity contribution >= 4 is 21.8 Å². The van der Waals surface area contributed by atoms with E-state index in [-0.39, 0.29) is 10.8 Å². The molecule has 40 heavy (non-hydrogen) atoms. The van der Waals surface area contributed by atoms with E-state index in [1.54, 1.807) is 0 Å². The molecule has 6 aromatic rings. The fourth-order valence-corrected chi connectivity index (χ4v) is 5.15. The highest BCUT2D eigenvalue weighted by molar-refractivity contribution is 6.10. The molecule has 0 bridgehead atoms. The average Bonchev–Trinajstić information content (AvgIpc) is 3.26. The highest BCUT2D eigenvalue weighted by Gasteiger charge is 2.19. The number of aromatic nitrogens is 3. The predicted molar refractivity (Wildman–Crippen MR) is 166 cm³/mol. The van der Waals surface area contributed by atoms with E-state index in [4.69, 9.17) is 14.7 Å². The first-order valence-electron chi connectivity index (χ1n) is 13.8. The highest BCUT2D eigenvalue weighted by atomic mass is 16.5. The van der Waals surface area contributed by atoms with Crippen molar-refractivity contribution in [3.05, 3.63) is 115 Å². The molecule has 0 aliphatic heterocycles. The number of pyridine rings is 2. The van der Waals surface area contributed by atoms with E-state index in [1.807, 2.05) is 36.5 Å². The van der Waals surface area contributed by atoms with Crippen LogP contribution in [0.3, 0.4) is 0 Å². The molecule has 6 rings (SSSR count). The summed E-state index contributed by atoms with van der Waals surface area (Å²) in [6.45, 7) is 13.2. The third-order valence-corrected chi connectivity index (χ3v) is 7.40. The zero-order valence-electron chi connectivity index (χ0n) is 24.1. The lowest BCUT2D eigenvalue weighted by Crippen LogP contribution is -2.13. The second kappa shape index (κ2) is 9.63. The molecule has 0 radical (unpaired) electrons. The molecule has 0 saturated carbocycles. The van der Waals surface area contributed by atoms with Crippen LogP contribution in [-0.4, -0.2) is 14.5 Å². The third-order valence-electron chi connectivity index (χ3n) is 7.40. The van der Waals surface area contributed by atoms with Gasteiger partial charge in [0.15, 0.2) is 0 Å². The van der Waals surface area contributed by atoms with Crippen LogP contribution in [0.15, 0.2) is 103 Å². The minimum atomic E-state index is -0.0453. The van der Waals surface area contributed by atoms with E-state index < -0.39 is 0 Å². The minimum absolute atomic E-state index is 0.0311. The Morgan fingerprint density at radius 2 is 1.38 bits per heavy atom. The predicted octanol–water partition coefficient (Wildman–Crippen LogP) is 9.63. The molecule has 0 atom stereocenters. The largest absolute Gasteiger partial charge is 0.439 e. The van der Waals surface area contributed by atoms with E-state index >= 15 is 0 Å². The standard InChI is InChI=1S/C36H35N3O/c1-35(2,3)26-19-20-37-33(23-26)39-30-14-8-7-13-28(30)29-18-17-25(22-31(29)39)24-11-9-12-27(21-24)40-34-16-10-15-32(38-34)36(4,5)6/h7-23H,1-6H3. The lowest BCUT2D eigenvalue weighted by molar-refractivity contribution is 0.452. The number of ether oxygens (including phenoxy) is 1. The normalized spacial score (nSPS) is 12.2. The van der Waals surface area contributed by atoms with Gasteiger partial charge in [0, 0.05) is 34.1 Å². The van der Waals surface area contributed by atoms with Gasteiger partial charge < -0.3 is 4.74 Å². The van der Waals surface area contributed by atoms with E-state index in [2.05, 4.69) is 113 Å².